The maximum atomic E-state index is 10.8. The van der Waals surface area contributed by atoms with Gasteiger partial charge in [0.15, 0.2) is 0 Å². The minimum atomic E-state index is -4.01. The summed E-state index contributed by atoms with van der Waals surface area (Å²) in [7, 11) is -4.01. The molecule has 3 nitrogen and oxygen atoms in total. The van der Waals surface area contributed by atoms with E-state index in [1.165, 1.54) is 0 Å². The van der Waals surface area contributed by atoms with Gasteiger partial charge in [0.05, 0.1) is 5.75 Å². The number of hydrogen-bond acceptors (Lipinski definition) is 2. The topological polar surface area (TPSA) is 54.4 Å². The molecule has 5 heteroatoms. The number of hydrogen-bond donors (Lipinski definition) is 1. The Bertz CT molecular complexity index is 451. The van der Waals surface area contributed by atoms with Gasteiger partial charge in [0, 0.05) is 10.4 Å². The van der Waals surface area contributed by atoms with Gasteiger partial charge < -0.3 is 0 Å². The van der Waals surface area contributed by atoms with Gasteiger partial charge in [-0.05, 0) is 11.6 Å². The second kappa shape index (κ2) is 4.12. The van der Waals surface area contributed by atoms with Crippen LogP contribution in [-0.4, -0.2) is 18.7 Å². The molecule has 0 bridgehead atoms. The molecular formula is C10H13ClO3S. The van der Waals surface area contributed by atoms with Gasteiger partial charge in [-0.25, -0.2) is 0 Å². The van der Waals surface area contributed by atoms with Crippen LogP contribution in [-0.2, 0) is 15.5 Å². The molecule has 1 rings (SSSR count). The molecule has 0 heterocycles. The van der Waals surface area contributed by atoms with Crippen molar-refractivity contribution in [2.45, 2.75) is 19.3 Å². The second-order valence-electron chi connectivity index (χ2n) is 4.09. The Hall–Kier alpha value is -0.580. The van der Waals surface area contributed by atoms with Crippen LogP contribution >= 0.6 is 11.6 Å². The largest absolute Gasteiger partial charge is 0.286 e. The molecule has 1 aromatic rings. The highest BCUT2D eigenvalue weighted by atomic mass is 35.5. The lowest BCUT2D eigenvalue weighted by atomic mass is 9.87. The summed E-state index contributed by atoms with van der Waals surface area (Å²) < 4.78 is 30.5. The van der Waals surface area contributed by atoms with Crippen LogP contribution in [0.4, 0.5) is 0 Å². The zero-order valence-corrected chi connectivity index (χ0v) is 10.1. The first-order chi connectivity index (χ1) is 6.72. The van der Waals surface area contributed by atoms with E-state index in [0.29, 0.717) is 10.6 Å². The molecule has 0 radical (unpaired) electrons. The zero-order chi connectivity index (χ0) is 11.7. The van der Waals surface area contributed by atoms with E-state index in [1.54, 1.807) is 38.1 Å². The summed E-state index contributed by atoms with van der Waals surface area (Å²) in [6.45, 7) is 3.45. The van der Waals surface area contributed by atoms with Crippen molar-refractivity contribution < 1.29 is 13.0 Å². The minimum Gasteiger partial charge on any atom is -0.286 e. The monoisotopic (exact) mass is 248 g/mol. The van der Waals surface area contributed by atoms with Crippen molar-refractivity contribution in [2.24, 2.45) is 0 Å². The summed E-state index contributed by atoms with van der Waals surface area (Å²) in [5, 5.41) is 0.506. The maximum absolute atomic E-state index is 10.8. The van der Waals surface area contributed by atoms with E-state index in [-0.39, 0.29) is 5.75 Å². The Kier molecular flexibility index (Phi) is 3.43. The molecule has 0 spiro atoms. The first-order valence-electron chi connectivity index (χ1n) is 4.42. The van der Waals surface area contributed by atoms with E-state index in [1.807, 2.05) is 0 Å². The van der Waals surface area contributed by atoms with E-state index < -0.39 is 15.5 Å². The van der Waals surface area contributed by atoms with Crippen molar-refractivity contribution in [3.63, 3.8) is 0 Å². The smallest absolute Gasteiger partial charge is 0.265 e. The van der Waals surface area contributed by atoms with Crippen LogP contribution in [0.2, 0.25) is 5.02 Å². The zero-order valence-electron chi connectivity index (χ0n) is 8.57. The average Bonchev–Trinajstić information content (AvgIpc) is 1.99. The predicted molar refractivity (Wildman–Crippen MR) is 60.9 cm³/mol. The van der Waals surface area contributed by atoms with Crippen LogP contribution < -0.4 is 0 Å². The third kappa shape index (κ3) is 3.48. The Labute approximate surface area is 94.8 Å². The SMILES string of the molecule is CC(C)(CS(=O)(=O)O)c1ccccc1Cl. The molecule has 1 aromatic carbocycles. The molecule has 0 atom stereocenters. The van der Waals surface area contributed by atoms with Gasteiger partial charge >= 0.3 is 0 Å². The van der Waals surface area contributed by atoms with Crippen LogP contribution in [0.25, 0.3) is 0 Å². The van der Waals surface area contributed by atoms with Crippen molar-refractivity contribution in [2.75, 3.05) is 5.75 Å². The van der Waals surface area contributed by atoms with E-state index in [0.717, 1.165) is 0 Å². The molecule has 0 unspecified atom stereocenters. The lowest BCUT2D eigenvalue weighted by molar-refractivity contribution is 0.460. The van der Waals surface area contributed by atoms with Crippen LogP contribution in [0.15, 0.2) is 24.3 Å². The molecule has 84 valence electrons. The molecule has 0 amide bonds. The molecule has 0 fully saturated rings. The summed E-state index contributed by atoms with van der Waals surface area (Å²) in [6, 6.07) is 7.01. The van der Waals surface area contributed by atoms with Gasteiger partial charge in [-0.2, -0.15) is 8.42 Å². The first-order valence-corrected chi connectivity index (χ1v) is 6.41. The molecule has 0 aliphatic carbocycles. The number of rotatable bonds is 3. The molecular weight excluding hydrogens is 236 g/mol. The van der Waals surface area contributed by atoms with Crippen LogP contribution in [0.5, 0.6) is 0 Å². The highest BCUT2D eigenvalue weighted by Crippen LogP contribution is 2.30. The standard InChI is InChI=1S/C10H13ClO3S/c1-10(2,7-15(12,13)14)8-5-3-4-6-9(8)11/h3-6H,7H2,1-2H3,(H,12,13,14). The van der Waals surface area contributed by atoms with E-state index in [2.05, 4.69) is 0 Å². The normalized spacial score (nSPS) is 12.8. The fourth-order valence-corrected chi connectivity index (χ4v) is 3.00. The van der Waals surface area contributed by atoms with E-state index >= 15 is 0 Å². The highest BCUT2D eigenvalue weighted by molar-refractivity contribution is 7.85. The van der Waals surface area contributed by atoms with Gasteiger partial charge in [-0.3, -0.25) is 4.55 Å². The molecule has 0 aliphatic heterocycles. The molecule has 0 aromatic heterocycles. The maximum Gasteiger partial charge on any atom is 0.265 e. The third-order valence-corrected chi connectivity index (χ3v) is 3.56. The third-order valence-electron chi connectivity index (χ3n) is 2.15. The fraction of sp³-hybridized carbons (Fsp3) is 0.400. The number of halogens is 1. The summed E-state index contributed by atoms with van der Waals surface area (Å²) in [5.74, 6) is -0.344. The van der Waals surface area contributed by atoms with Gasteiger partial charge in [0.2, 0.25) is 0 Å². The van der Waals surface area contributed by atoms with Crippen molar-refractivity contribution in [1.82, 2.24) is 0 Å². The van der Waals surface area contributed by atoms with Crippen molar-refractivity contribution in [3.05, 3.63) is 34.9 Å². The Balaban J connectivity index is 3.12. The number of benzene rings is 1. The summed E-state index contributed by atoms with van der Waals surface area (Å²) >= 11 is 5.96. The Morgan fingerprint density at radius 3 is 2.33 bits per heavy atom. The Morgan fingerprint density at radius 2 is 1.87 bits per heavy atom. The molecule has 15 heavy (non-hydrogen) atoms. The van der Waals surface area contributed by atoms with Crippen molar-refractivity contribution >= 4 is 21.7 Å². The molecule has 0 saturated carbocycles. The van der Waals surface area contributed by atoms with Crippen molar-refractivity contribution in [1.29, 1.82) is 0 Å². The molecule has 1 N–H and O–H groups in total. The highest BCUT2D eigenvalue weighted by Gasteiger charge is 2.28. The molecule has 0 aliphatic rings. The van der Waals surface area contributed by atoms with Crippen LogP contribution in [0, 0.1) is 0 Å². The average molecular weight is 249 g/mol. The molecule has 0 saturated heterocycles. The fourth-order valence-electron chi connectivity index (χ4n) is 1.54. The minimum absolute atomic E-state index is 0.344. The van der Waals surface area contributed by atoms with E-state index in [4.69, 9.17) is 16.2 Å². The van der Waals surface area contributed by atoms with Crippen LogP contribution in [0.1, 0.15) is 19.4 Å². The van der Waals surface area contributed by atoms with Gasteiger partial charge in [-0.15, -0.1) is 0 Å². The first kappa shape index (κ1) is 12.5. The quantitative estimate of drug-likeness (QED) is 0.837. The lowest BCUT2D eigenvalue weighted by Crippen LogP contribution is -2.28. The predicted octanol–water partition coefficient (Wildman–Crippen LogP) is 2.51. The van der Waals surface area contributed by atoms with Gasteiger partial charge in [0.1, 0.15) is 0 Å². The Morgan fingerprint density at radius 1 is 1.33 bits per heavy atom. The lowest BCUT2D eigenvalue weighted by Gasteiger charge is -2.24. The summed E-state index contributed by atoms with van der Waals surface area (Å²) in [5.41, 5.74) is 0.00985. The second-order valence-corrected chi connectivity index (χ2v) is 5.95. The van der Waals surface area contributed by atoms with Gasteiger partial charge in [-0.1, -0.05) is 43.6 Å². The van der Waals surface area contributed by atoms with E-state index in [9.17, 15) is 8.42 Å². The van der Waals surface area contributed by atoms with Crippen molar-refractivity contribution in [3.8, 4) is 0 Å². The van der Waals surface area contributed by atoms with Crippen LogP contribution in [0.3, 0.4) is 0 Å². The summed E-state index contributed by atoms with van der Waals surface area (Å²) in [4.78, 5) is 0. The van der Waals surface area contributed by atoms with Gasteiger partial charge in [0.25, 0.3) is 10.1 Å². The summed E-state index contributed by atoms with van der Waals surface area (Å²) in [6.07, 6.45) is 0.